The quantitative estimate of drug-likeness (QED) is 0.218. The van der Waals surface area contributed by atoms with Gasteiger partial charge in [-0.15, -0.1) is 0 Å². The van der Waals surface area contributed by atoms with Crippen LogP contribution in [0.3, 0.4) is 0 Å². The van der Waals surface area contributed by atoms with E-state index in [0.717, 1.165) is 44.9 Å². The molecule has 0 aliphatic rings. The van der Waals surface area contributed by atoms with Gasteiger partial charge in [-0.05, 0) is 19.3 Å². The van der Waals surface area contributed by atoms with Crippen LogP contribution in [-0.4, -0.2) is 29.4 Å². The van der Waals surface area contributed by atoms with Crippen molar-refractivity contribution in [3.63, 3.8) is 0 Å². The first-order valence-corrected chi connectivity index (χ1v) is 12.0. The van der Waals surface area contributed by atoms with Gasteiger partial charge in [0.25, 0.3) is 0 Å². The fourth-order valence-corrected chi connectivity index (χ4v) is 4.20. The Morgan fingerprint density at radius 3 is 1.54 bits per heavy atom. The summed E-state index contributed by atoms with van der Waals surface area (Å²) in [4.78, 5) is 0. The van der Waals surface area contributed by atoms with Crippen LogP contribution in [0.25, 0.3) is 0 Å². The third-order valence-corrected chi connectivity index (χ3v) is 6.21. The van der Waals surface area contributed by atoms with Crippen LogP contribution >= 0.6 is 0 Å². The van der Waals surface area contributed by atoms with Gasteiger partial charge in [-0.1, -0.05) is 97.3 Å². The zero-order chi connectivity index (χ0) is 19.0. The van der Waals surface area contributed by atoms with Crippen molar-refractivity contribution in [3.8, 4) is 0 Å². The second-order valence-corrected chi connectivity index (χ2v) is 9.12. The summed E-state index contributed by atoms with van der Waals surface area (Å²) in [6, 6.07) is 0. The van der Waals surface area contributed by atoms with Gasteiger partial charge >= 0.3 is 29.6 Å². The van der Waals surface area contributed by atoms with E-state index in [1.165, 1.54) is 38.5 Å². The minimum atomic E-state index is -4.31. The normalized spacial score (nSPS) is 14.0. The molecular weight excluding hydrogens is 359 g/mol. The average Bonchev–Trinajstić information content (AvgIpc) is 2.55. The van der Waals surface area contributed by atoms with Gasteiger partial charge in [0.2, 0.25) is 0 Å². The van der Waals surface area contributed by atoms with Crippen LogP contribution in [0, 0.1) is 0 Å². The molecular formula is C20H41NaO4S. The summed E-state index contributed by atoms with van der Waals surface area (Å²) in [7, 11) is -4.31. The molecule has 0 radical (unpaired) electrons. The predicted molar refractivity (Wildman–Crippen MR) is 105 cm³/mol. The standard InChI is InChI=1S/C20H42O4S.Na/c1-3-5-7-9-10-11-13-14-16-19(21)18-20(25(22,23)24)17-15-12-8-6-4-2;/h19-21H,3-18H2,1-2H3,(H,22,23,24);/q;+1/p-1. The van der Waals surface area contributed by atoms with Crippen LogP contribution < -0.4 is 29.6 Å². The first-order valence-electron chi connectivity index (χ1n) is 10.5. The van der Waals surface area contributed by atoms with Crippen molar-refractivity contribution in [1.82, 2.24) is 0 Å². The van der Waals surface area contributed by atoms with E-state index < -0.39 is 21.5 Å². The van der Waals surface area contributed by atoms with Crippen molar-refractivity contribution in [2.45, 2.75) is 128 Å². The van der Waals surface area contributed by atoms with E-state index in [0.29, 0.717) is 12.8 Å². The number of hydrogen-bond donors (Lipinski definition) is 1. The Balaban J connectivity index is 0. The Bertz CT molecular complexity index is 387. The van der Waals surface area contributed by atoms with Crippen molar-refractivity contribution in [2.24, 2.45) is 0 Å². The number of aliphatic hydroxyl groups is 1. The molecule has 4 nitrogen and oxygen atoms in total. The van der Waals surface area contributed by atoms with Crippen molar-refractivity contribution < 1.29 is 47.6 Å². The SMILES string of the molecule is CCCCCCCCCCC(O)CC(CCCCCCC)S(=O)(=O)[O-].[Na+]. The molecule has 0 aliphatic carbocycles. The van der Waals surface area contributed by atoms with Gasteiger partial charge in [-0.3, -0.25) is 0 Å². The van der Waals surface area contributed by atoms with E-state index in [9.17, 15) is 18.1 Å². The molecule has 0 aromatic rings. The summed E-state index contributed by atoms with van der Waals surface area (Å²) >= 11 is 0. The summed E-state index contributed by atoms with van der Waals surface area (Å²) in [5, 5.41) is 9.17. The molecule has 0 fully saturated rings. The third-order valence-electron chi connectivity index (χ3n) is 4.96. The minimum absolute atomic E-state index is 0. The van der Waals surface area contributed by atoms with Crippen LogP contribution in [0.1, 0.15) is 117 Å². The zero-order valence-electron chi connectivity index (χ0n) is 17.5. The Morgan fingerprint density at radius 1 is 0.731 bits per heavy atom. The molecule has 0 aromatic heterocycles. The molecule has 0 rings (SSSR count). The molecule has 0 saturated carbocycles. The van der Waals surface area contributed by atoms with Crippen molar-refractivity contribution in [2.75, 3.05) is 0 Å². The smallest absolute Gasteiger partial charge is 0.748 e. The molecule has 0 amide bonds. The predicted octanol–water partition coefficient (Wildman–Crippen LogP) is 2.55. The first kappa shape index (κ1) is 29.1. The third kappa shape index (κ3) is 18.2. The van der Waals surface area contributed by atoms with Crippen LogP contribution in [-0.2, 0) is 10.1 Å². The van der Waals surface area contributed by atoms with E-state index in [4.69, 9.17) is 0 Å². The van der Waals surface area contributed by atoms with Crippen LogP contribution in [0.15, 0.2) is 0 Å². The molecule has 0 saturated heterocycles. The van der Waals surface area contributed by atoms with Gasteiger partial charge in [-0.2, -0.15) is 0 Å². The summed E-state index contributed by atoms with van der Waals surface area (Å²) < 4.78 is 34.3. The van der Waals surface area contributed by atoms with Crippen molar-refractivity contribution in [3.05, 3.63) is 0 Å². The average molecular weight is 401 g/mol. The van der Waals surface area contributed by atoms with E-state index >= 15 is 0 Å². The minimum Gasteiger partial charge on any atom is -0.748 e. The Hall–Kier alpha value is 0.870. The molecule has 152 valence electrons. The molecule has 0 spiro atoms. The van der Waals surface area contributed by atoms with Gasteiger partial charge in [-0.25, -0.2) is 8.42 Å². The maximum atomic E-state index is 11.4. The Kier molecular flexibility index (Phi) is 21.5. The van der Waals surface area contributed by atoms with Crippen LogP contribution in [0.2, 0.25) is 0 Å². The maximum Gasteiger partial charge on any atom is 1.00 e. The molecule has 1 N–H and O–H groups in total. The summed E-state index contributed by atoms with van der Waals surface area (Å²) in [6.07, 6.45) is 15.1. The first-order chi connectivity index (χ1) is 11.9. The van der Waals surface area contributed by atoms with Crippen molar-refractivity contribution in [1.29, 1.82) is 0 Å². The van der Waals surface area contributed by atoms with Gasteiger partial charge < -0.3 is 9.66 Å². The molecule has 0 bridgehead atoms. The topological polar surface area (TPSA) is 77.4 Å². The summed E-state index contributed by atoms with van der Waals surface area (Å²) in [5.41, 5.74) is 0. The van der Waals surface area contributed by atoms with Gasteiger partial charge in [0.05, 0.1) is 21.5 Å². The summed E-state index contributed by atoms with van der Waals surface area (Å²) in [5.74, 6) is 0. The fourth-order valence-electron chi connectivity index (χ4n) is 3.29. The Labute approximate surface area is 185 Å². The largest absolute Gasteiger partial charge is 1.00 e. The van der Waals surface area contributed by atoms with E-state index in [2.05, 4.69) is 13.8 Å². The Morgan fingerprint density at radius 2 is 1.12 bits per heavy atom. The molecule has 0 aliphatic heterocycles. The van der Waals surface area contributed by atoms with Gasteiger partial charge in [0.15, 0.2) is 0 Å². The molecule has 6 heteroatoms. The molecule has 2 atom stereocenters. The second kappa shape index (κ2) is 19.2. The van der Waals surface area contributed by atoms with Crippen molar-refractivity contribution >= 4 is 10.1 Å². The number of hydrogen-bond acceptors (Lipinski definition) is 4. The number of unbranched alkanes of at least 4 members (excludes halogenated alkanes) is 11. The monoisotopic (exact) mass is 400 g/mol. The van der Waals surface area contributed by atoms with E-state index in [-0.39, 0.29) is 36.0 Å². The second-order valence-electron chi connectivity index (χ2n) is 7.47. The molecule has 2 unspecified atom stereocenters. The molecule has 0 heterocycles. The maximum absolute atomic E-state index is 11.4. The summed E-state index contributed by atoms with van der Waals surface area (Å²) in [6.45, 7) is 4.34. The van der Waals surface area contributed by atoms with Gasteiger partial charge in [0.1, 0.15) is 0 Å². The zero-order valence-corrected chi connectivity index (χ0v) is 20.4. The molecule has 0 aromatic carbocycles. The van der Waals surface area contributed by atoms with Crippen LogP contribution in [0.5, 0.6) is 0 Å². The number of rotatable bonds is 18. The van der Waals surface area contributed by atoms with Crippen LogP contribution in [0.4, 0.5) is 0 Å². The van der Waals surface area contributed by atoms with E-state index in [1.807, 2.05) is 0 Å². The number of aliphatic hydroxyl groups excluding tert-OH is 1. The molecule has 26 heavy (non-hydrogen) atoms. The fraction of sp³-hybridized carbons (Fsp3) is 1.00. The van der Waals surface area contributed by atoms with E-state index in [1.54, 1.807) is 0 Å². The van der Waals surface area contributed by atoms with Gasteiger partial charge in [0, 0.05) is 0 Å².